The largest absolute Gasteiger partial charge is 0.302 e. The smallest absolute Gasteiger partial charge is 0.270 e. The molecule has 192 valence electrons. The van der Waals surface area contributed by atoms with E-state index in [1.807, 2.05) is 109 Å². The molecule has 6 aromatic carbocycles. The van der Waals surface area contributed by atoms with E-state index in [-0.39, 0.29) is 0 Å². The van der Waals surface area contributed by atoms with Gasteiger partial charge in [-0.05, 0) is 64.7 Å². The highest BCUT2D eigenvalue weighted by atomic mass is 31.2. The molecule has 0 atom stereocenters. The Balaban J connectivity index is 1.58. The van der Waals surface area contributed by atoms with Crippen LogP contribution in [0.1, 0.15) is 0 Å². The van der Waals surface area contributed by atoms with E-state index >= 15 is 4.57 Å². The van der Waals surface area contributed by atoms with Gasteiger partial charge in [-0.25, -0.2) is 0 Å². The van der Waals surface area contributed by atoms with Crippen molar-refractivity contribution in [3.63, 3.8) is 0 Å². The van der Waals surface area contributed by atoms with Crippen molar-refractivity contribution in [3.8, 4) is 22.3 Å². The summed E-state index contributed by atoms with van der Waals surface area (Å²) in [6, 6.07) is 55.3. The highest BCUT2D eigenvalue weighted by Crippen LogP contribution is 2.70. The Kier molecular flexibility index (Phi) is 6.07. The third-order valence-electron chi connectivity index (χ3n) is 7.39. The average molecular weight is 535 g/mol. The summed E-state index contributed by atoms with van der Waals surface area (Å²) < 4.78 is 20.5. The van der Waals surface area contributed by atoms with Crippen LogP contribution in [0.15, 0.2) is 164 Å². The van der Waals surface area contributed by atoms with Crippen molar-refractivity contribution in [3.05, 3.63) is 164 Å². The Bertz CT molecular complexity index is 1750. The SMILES string of the molecule is O=P1(c2cc(-c3ccccc3)ccc2-c2ccccc2)N(c2ccccc2)c2ccccc2N1c1ccccc1. The Morgan fingerprint density at radius 2 is 0.825 bits per heavy atom. The van der Waals surface area contributed by atoms with Gasteiger partial charge in [0.25, 0.3) is 0 Å². The second-order valence-electron chi connectivity index (χ2n) is 9.79. The molecule has 0 spiro atoms. The van der Waals surface area contributed by atoms with Gasteiger partial charge in [-0.2, -0.15) is 0 Å². The van der Waals surface area contributed by atoms with Crippen LogP contribution >= 0.6 is 7.44 Å². The zero-order valence-electron chi connectivity index (χ0n) is 21.8. The van der Waals surface area contributed by atoms with E-state index in [0.29, 0.717) is 0 Å². The van der Waals surface area contributed by atoms with Crippen molar-refractivity contribution in [1.29, 1.82) is 0 Å². The molecule has 0 bridgehead atoms. The standard InChI is InChI=1S/C36H27N2OP/c39-40(36-27-30(28-15-5-1-6-16-28)25-26-33(36)29-17-7-2-8-18-29)37(31-19-9-3-10-20-31)34-23-13-14-24-35(34)38(40)32-21-11-4-12-22-32/h1-27H. The van der Waals surface area contributed by atoms with Crippen molar-refractivity contribution in [2.24, 2.45) is 0 Å². The number of rotatable bonds is 5. The van der Waals surface area contributed by atoms with Gasteiger partial charge in [-0.3, -0.25) is 13.9 Å². The highest BCUT2D eigenvalue weighted by molar-refractivity contribution is 7.76. The van der Waals surface area contributed by atoms with Crippen LogP contribution in [0.25, 0.3) is 22.3 Å². The lowest BCUT2D eigenvalue weighted by molar-refractivity contribution is 0.582. The van der Waals surface area contributed by atoms with Gasteiger partial charge in [0.05, 0.1) is 16.7 Å². The molecule has 3 nitrogen and oxygen atoms in total. The Hall–Kier alpha value is -4.85. The first-order chi connectivity index (χ1) is 19.7. The highest BCUT2D eigenvalue weighted by Gasteiger charge is 2.50. The van der Waals surface area contributed by atoms with Crippen LogP contribution in [0.3, 0.4) is 0 Å². The summed E-state index contributed by atoms with van der Waals surface area (Å²) in [6.45, 7) is 0. The van der Waals surface area contributed by atoms with Crippen LogP contribution in [0.5, 0.6) is 0 Å². The molecule has 0 saturated heterocycles. The van der Waals surface area contributed by atoms with Crippen molar-refractivity contribution < 1.29 is 4.57 Å². The second-order valence-corrected chi connectivity index (χ2v) is 12.2. The van der Waals surface area contributed by atoms with Crippen LogP contribution in [0, 0.1) is 0 Å². The molecule has 1 heterocycles. The van der Waals surface area contributed by atoms with E-state index in [2.05, 4.69) is 63.9 Å². The number of hydrogen-bond donors (Lipinski definition) is 0. The maximum atomic E-state index is 16.4. The summed E-state index contributed by atoms with van der Waals surface area (Å²) >= 11 is 0. The lowest BCUT2D eigenvalue weighted by Crippen LogP contribution is -2.28. The second kappa shape index (κ2) is 10.0. The first-order valence-corrected chi connectivity index (χ1v) is 15.0. The van der Waals surface area contributed by atoms with Gasteiger partial charge < -0.3 is 0 Å². The van der Waals surface area contributed by atoms with Crippen LogP contribution < -0.4 is 14.6 Å². The van der Waals surface area contributed by atoms with Crippen molar-refractivity contribution in [2.45, 2.75) is 0 Å². The molecule has 40 heavy (non-hydrogen) atoms. The number of para-hydroxylation sites is 4. The number of benzene rings is 6. The first kappa shape index (κ1) is 24.2. The molecule has 0 amide bonds. The predicted octanol–water partition coefficient (Wildman–Crippen LogP) is 9.83. The number of anilines is 4. The van der Waals surface area contributed by atoms with Crippen LogP contribution in [-0.2, 0) is 4.57 Å². The Labute approximate surface area is 235 Å². The minimum absolute atomic E-state index is 0.795. The fraction of sp³-hybridized carbons (Fsp3) is 0. The van der Waals surface area contributed by atoms with Gasteiger partial charge in [0.2, 0.25) is 0 Å². The van der Waals surface area contributed by atoms with E-state index in [4.69, 9.17) is 0 Å². The Morgan fingerprint density at radius 1 is 0.400 bits per heavy atom. The van der Waals surface area contributed by atoms with E-state index < -0.39 is 7.44 Å². The molecule has 0 fully saturated rings. The van der Waals surface area contributed by atoms with Crippen LogP contribution in [0.4, 0.5) is 22.7 Å². The Morgan fingerprint density at radius 3 is 1.32 bits per heavy atom. The molecule has 7 rings (SSSR count). The molecule has 0 unspecified atom stereocenters. The number of nitrogens with zero attached hydrogens (tertiary/aromatic N) is 2. The monoisotopic (exact) mass is 534 g/mol. The van der Waals surface area contributed by atoms with Crippen molar-refractivity contribution >= 4 is 35.5 Å². The molecule has 0 aliphatic carbocycles. The third kappa shape index (κ3) is 3.95. The fourth-order valence-electron chi connectivity index (χ4n) is 5.59. The van der Waals surface area contributed by atoms with Gasteiger partial charge in [0.1, 0.15) is 0 Å². The number of fused-ring (bicyclic) bond motifs is 1. The van der Waals surface area contributed by atoms with E-state index in [1.54, 1.807) is 0 Å². The quantitative estimate of drug-likeness (QED) is 0.206. The summed E-state index contributed by atoms with van der Waals surface area (Å²) in [5.41, 5.74) is 7.73. The summed E-state index contributed by atoms with van der Waals surface area (Å²) in [4.78, 5) is 0. The van der Waals surface area contributed by atoms with Crippen LogP contribution in [0.2, 0.25) is 0 Å². The van der Waals surface area contributed by atoms with Gasteiger partial charge in [-0.15, -0.1) is 0 Å². The molecule has 0 aromatic heterocycles. The van der Waals surface area contributed by atoms with E-state index in [1.165, 1.54) is 0 Å². The summed E-state index contributed by atoms with van der Waals surface area (Å²) in [5.74, 6) is 0. The van der Waals surface area contributed by atoms with Gasteiger partial charge >= 0.3 is 7.44 Å². The van der Waals surface area contributed by atoms with Crippen LogP contribution in [-0.4, -0.2) is 0 Å². The normalized spacial score (nSPS) is 13.7. The van der Waals surface area contributed by atoms with E-state index in [9.17, 15) is 0 Å². The predicted molar refractivity (Wildman–Crippen MR) is 168 cm³/mol. The zero-order valence-corrected chi connectivity index (χ0v) is 22.7. The topological polar surface area (TPSA) is 23.6 Å². The number of hydrogen-bond acceptors (Lipinski definition) is 1. The molecule has 1 aliphatic rings. The molecule has 0 radical (unpaired) electrons. The molecule has 6 aromatic rings. The molecule has 0 saturated carbocycles. The summed E-state index contributed by atoms with van der Waals surface area (Å²) in [7, 11) is -3.55. The minimum atomic E-state index is -3.55. The summed E-state index contributed by atoms with van der Waals surface area (Å²) in [6.07, 6.45) is 0. The zero-order chi connectivity index (χ0) is 26.9. The lowest BCUT2D eigenvalue weighted by Gasteiger charge is -2.34. The van der Waals surface area contributed by atoms with Gasteiger partial charge in [0.15, 0.2) is 0 Å². The fourth-order valence-corrected chi connectivity index (χ4v) is 8.84. The average Bonchev–Trinajstić information content (AvgIpc) is 3.31. The first-order valence-electron chi connectivity index (χ1n) is 13.4. The lowest BCUT2D eigenvalue weighted by atomic mass is 10.0. The van der Waals surface area contributed by atoms with Gasteiger partial charge in [0, 0.05) is 11.4 Å². The molecular weight excluding hydrogens is 507 g/mol. The maximum Gasteiger partial charge on any atom is 0.302 e. The summed E-state index contributed by atoms with van der Waals surface area (Å²) in [5, 5.41) is 0.795. The minimum Gasteiger partial charge on any atom is -0.270 e. The molecule has 1 aliphatic heterocycles. The third-order valence-corrected chi connectivity index (χ3v) is 10.4. The van der Waals surface area contributed by atoms with E-state index in [0.717, 1.165) is 50.3 Å². The molecular formula is C36H27N2OP. The van der Waals surface area contributed by atoms with Crippen molar-refractivity contribution in [1.82, 2.24) is 0 Å². The van der Waals surface area contributed by atoms with Gasteiger partial charge in [-0.1, -0.05) is 121 Å². The molecule has 0 N–H and O–H groups in total. The maximum absolute atomic E-state index is 16.4. The van der Waals surface area contributed by atoms with Crippen molar-refractivity contribution in [2.75, 3.05) is 9.34 Å². The molecule has 4 heteroatoms.